The van der Waals surface area contributed by atoms with Gasteiger partial charge in [0.2, 0.25) is 0 Å². The van der Waals surface area contributed by atoms with Crippen LogP contribution < -0.4 is 0 Å². The molecule has 1 aromatic carbocycles. The number of carboxylic acid groups (broad SMARTS) is 2. The van der Waals surface area contributed by atoms with Crippen molar-refractivity contribution >= 4 is 11.9 Å². The Bertz CT molecular complexity index is 1150. The van der Waals surface area contributed by atoms with E-state index in [1.54, 1.807) is 0 Å². The van der Waals surface area contributed by atoms with Crippen LogP contribution in [0.5, 0.6) is 0 Å². The van der Waals surface area contributed by atoms with E-state index in [0.29, 0.717) is 0 Å². The van der Waals surface area contributed by atoms with Gasteiger partial charge in [-0.05, 0) is 64.1 Å². The number of alkyl halides is 6. The van der Waals surface area contributed by atoms with Crippen LogP contribution >= 0.6 is 0 Å². The first kappa shape index (κ1) is 33.0. The Morgan fingerprint density at radius 2 is 1.50 bits per heavy atom. The first-order valence-electron chi connectivity index (χ1n) is 12.1. The zero-order valence-electron chi connectivity index (χ0n) is 22.3. The molecule has 224 valence electrons. The number of aromatic nitrogens is 2. The minimum absolute atomic E-state index is 0.0949. The zero-order valence-corrected chi connectivity index (χ0v) is 22.3. The third-order valence-electron chi connectivity index (χ3n) is 6.96. The van der Waals surface area contributed by atoms with Crippen LogP contribution in [0.25, 0.3) is 0 Å². The smallest absolute Gasteiger partial charge is 0.475 e. The number of hydrogen-bond acceptors (Lipinski definition) is 6. The molecule has 0 unspecified atom stereocenters. The van der Waals surface area contributed by atoms with E-state index in [4.69, 9.17) is 19.8 Å². The lowest BCUT2D eigenvalue weighted by molar-refractivity contribution is -0.193. The molecule has 40 heavy (non-hydrogen) atoms. The SMILES string of the molecule is Cc1cc(CN2CCC3(CC2)c2ccccc2[C@@H](N(C)C)[C@@H]3O)n(C)n1.O=C(O)C(F)(F)F.O=C(O)C(F)(F)F. The van der Waals surface area contributed by atoms with Crippen LogP contribution in [0, 0.1) is 6.92 Å². The molecule has 0 bridgehead atoms. The number of carboxylic acids is 2. The van der Waals surface area contributed by atoms with Crippen LogP contribution in [0.4, 0.5) is 26.3 Å². The van der Waals surface area contributed by atoms with E-state index >= 15 is 0 Å². The third-order valence-corrected chi connectivity index (χ3v) is 6.96. The van der Waals surface area contributed by atoms with E-state index in [-0.39, 0.29) is 17.6 Å². The molecule has 1 saturated heterocycles. The summed E-state index contributed by atoms with van der Waals surface area (Å²) in [5.74, 6) is -5.51. The first-order chi connectivity index (χ1) is 18.3. The van der Waals surface area contributed by atoms with E-state index in [1.165, 1.54) is 16.8 Å². The molecule has 3 N–H and O–H groups in total. The molecule has 15 heteroatoms. The summed E-state index contributed by atoms with van der Waals surface area (Å²) in [5.41, 5.74) is 4.90. The Kier molecular flexibility index (Phi) is 10.4. The molecule has 2 aliphatic rings. The number of hydrogen-bond donors (Lipinski definition) is 3. The van der Waals surface area contributed by atoms with E-state index in [9.17, 15) is 31.4 Å². The van der Waals surface area contributed by atoms with Crippen LogP contribution in [-0.2, 0) is 28.6 Å². The summed E-state index contributed by atoms with van der Waals surface area (Å²) in [6.45, 7) is 5.00. The highest BCUT2D eigenvalue weighted by atomic mass is 19.4. The summed E-state index contributed by atoms with van der Waals surface area (Å²) < 4.78 is 65.5. The molecular weight excluding hydrogens is 550 g/mol. The molecule has 1 aliphatic heterocycles. The molecule has 0 radical (unpaired) electrons. The first-order valence-corrected chi connectivity index (χ1v) is 12.1. The normalized spacial score (nSPS) is 20.3. The second-order valence-electron chi connectivity index (χ2n) is 9.88. The fourth-order valence-corrected chi connectivity index (χ4v) is 5.12. The van der Waals surface area contributed by atoms with Gasteiger partial charge in [0.25, 0.3) is 0 Å². The summed E-state index contributed by atoms with van der Waals surface area (Å²) in [6, 6.07) is 10.9. The quantitative estimate of drug-likeness (QED) is 0.471. The number of rotatable bonds is 3. The molecule has 0 saturated carbocycles. The van der Waals surface area contributed by atoms with E-state index in [2.05, 4.69) is 59.3 Å². The number of likely N-dealkylation sites (N-methyl/N-ethyl adjacent to an activating group) is 1. The van der Waals surface area contributed by atoms with Gasteiger partial charge in [0.15, 0.2) is 0 Å². The average Bonchev–Trinajstić information content (AvgIpc) is 3.27. The lowest BCUT2D eigenvalue weighted by atomic mass is 9.72. The third kappa shape index (κ3) is 7.73. The maximum Gasteiger partial charge on any atom is 0.490 e. The average molecular weight is 583 g/mol. The standard InChI is InChI=1S/C21H30N4O.2C2HF3O2/c1-15-13-16(24(4)22-15)14-25-11-9-21(10-12-25)18-8-6-5-7-17(18)19(20(21)26)23(2)3;2*3-2(4,5)1(6)7/h5-8,13,19-20,26H,9-12,14H2,1-4H3;2*(H,6,7)/t19-,20+;;/m1../s1. The lowest BCUT2D eigenvalue weighted by Crippen LogP contribution is -2.49. The van der Waals surface area contributed by atoms with Gasteiger partial charge in [-0.25, -0.2) is 9.59 Å². The number of likely N-dealkylation sites (tertiary alicyclic amines) is 1. The van der Waals surface area contributed by atoms with Crippen molar-refractivity contribution in [2.24, 2.45) is 7.05 Å². The Morgan fingerprint density at radius 1 is 1.02 bits per heavy atom. The van der Waals surface area contributed by atoms with Crippen LogP contribution in [0.1, 0.15) is 41.4 Å². The number of nitrogens with zero attached hydrogens (tertiary/aromatic N) is 4. The van der Waals surface area contributed by atoms with Gasteiger partial charge in [-0.2, -0.15) is 31.4 Å². The molecule has 9 nitrogen and oxygen atoms in total. The van der Waals surface area contributed by atoms with Crippen LogP contribution in [0.15, 0.2) is 30.3 Å². The summed E-state index contributed by atoms with van der Waals surface area (Å²) in [6.07, 6.45) is -8.49. The Balaban J connectivity index is 0.000000333. The number of piperidine rings is 1. The minimum atomic E-state index is -5.08. The maximum absolute atomic E-state index is 11.3. The highest BCUT2D eigenvalue weighted by molar-refractivity contribution is 5.73. The Labute approximate surface area is 226 Å². The van der Waals surface area contributed by atoms with E-state index < -0.39 is 24.3 Å². The number of carbonyl (C=O) groups is 2. The van der Waals surface area contributed by atoms with E-state index in [0.717, 1.165) is 38.2 Å². The number of aryl methyl sites for hydroxylation is 2. The summed E-state index contributed by atoms with van der Waals surface area (Å²) in [7, 11) is 6.17. The van der Waals surface area contributed by atoms with Gasteiger partial charge >= 0.3 is 24.3 Å². The van der Waals surface area contributed by atoms with Crippen molar-refractivity contribution in [3.8, 4) is 0 Å². The second kappa shape index (κ2) is 12.6. The Hall–Kier alpha value is -3.17. The number of aliphatic hydroxyl groups is 1. The predicted octanol–water partition coefficient (Wildman–Crippen LogP) is 3.51. The van der Waals surface area contributed by atoms with Crippen LogP contribution in [-0.4, -0.2) is 92.5 Å². The molecule has 1 fully saturated rings. The summed E-state index contributed by atoms with van der Waals surface area (Å²) >= 11 is 0. The van der Waals surface area contributed by atoms with Crippen molar-refractivity contribution in [1.29, 1.82) is 0 Å². The predicted molar refractivity (Wildman–Crippen MR) is 130 cm³/mol. The molecule has 1 aliphatic carbocycles. The van der Waals surface area contributed by atoms with Gasteiger partial charge in [0, 0.05) is 19.0 Å². The van der Waals surface area contributed by atoms with Gasteiger partial charge in [-0.3, -0.25) is 9.58 Å². The topological polar surface area (TPSA) is 119 Å². The molecule has 1 aromatic heterocycles. The summed E-state index contributed by atoms with van der Waals surface area (Å²) in [4.78, 5) is 22.5. The number of fused-ring (bicyclic) bond motifs is 2. The monoisotopic (exact) mass is 582 g/mol. The number of benzene rings is 1. The number of aliphatic carboxylic acids is 2. The number of halogens is 6. The summed E-state index contributed by atoms with van der Waals surface area (Å²) in [5, 5.41) is 30.0. The van der Waals surface area contributed by atoms with Crippen molar-refractivity contribution in [2.75, 3.05) is 27.2 Å². The molecule has 4 rings (SSSR count). The van der Waals surface area contributed by atoms with Gasteiger partial charge in [0.05, 0.1) is 23.5 Å². The van der Waals surface area contributed by atoms with Gasteiger partial charge < -0.3 is 20.2 Å². The highest BCUT2D eigenvalue weighted by Crippen LogP contribution is 2.52. The molecular formula is C25H32F6N4O5. The van der Waals surface area contributed by atoms with Crippen molar-refractivity contribution in [2.45, 2.75) is 56.2 Å². The zero-order chi connectivity index (χ0) is 30.6. The van der Waals surface area contributed by atoms with Crippen molar-refractivity contribution in [3.05, 3.63) is 52.8 Å². The van der Waals surface area contributed by atoms with Crippen molar-refractivity contribution < 1.29 is 51.3 Å². The second-order valence-corrected chi connectivity index (χ2v) is 9.88. The molecule has 1 spiro atoms. The number of aliphatic hydroxyl groups excluding tert-OH is 1. The largest absolute Gasteiger partial charge is 0.490 e. The lowest BCUT2D eigenvalue weighted by Gasteiger charge is -2.43. The van der Waals surface area contributed by atoms with Crippen LogP contribution in [0.2, 0.25) is 0 Å². The highest BCUT2D eigenvalue weighted by Gasteiger charge is 2.53. The van der Waals surface area contributed by atoms with E-state index in [1.807, 2.05) is 18.7 Å². The van der Waals surface area contributed by atoms with Gasteiger partial charge in [-0.15, -0.1) is 0 Å². The minimum Gasteiger partial charge on any atom is -0.475 e. The fourth-order valence-electron chi connectivity index (χ4n) is 5.12. The molecule has 0 amide bonds. The fraction of sp³-hybridized carbons (Fsp3) is 0.560. The molecule has 2 heterocycles. The maximum atomic E-state index is 11.3. The molecule has 2 aromatic rings. The molecule has 2 atom stereocenters. The Morgan fingerprint density at radius 3 is 1.90 bits per heavy atom. The van der Waals surface area contributed by atoms with Crippen LogP contribution in [0.3, 0.4) is 0 Å². The van der Waals surface area contributed by atoms with Crippen molar-refractivity contribution in [1.82, 2.24) is 19.6 Å². The van der Waals surface area contributed by atoms with Crippen molar-refractivity contribution in [3.63, 3.8) is 0 Å². The van der Waals surface area contributed by atoms with Gasteiger partial charge in [-0.1, -0.05) is 24.3 Å². The van der Waals surface area contributed by atoms with Gasteiger partial charge in [0.1, 0.15) is 0 Å².